The van der Waals surface area contributed by atoms with Crippen molar-refractivity contribution in [1.82, 2.24) is 5.32 Å². The zero-order chi connectivity index (χ0) is 15.9. The average Bonchev–Trinajstić information content (AvgIpc) is 2.32. The molecule has 0 aliphatic heterocycles. The first-order chi connectivity index (χ1) is 9.76. The van der Waals surface area contributed by atoms with E-state index >= 15 is 0 Å². The van der Waals surface area contributed by atoms with Crippen molar-refractivity contribution in [2.24, 2.45) is 5.92 Å². The molecule has 1 aromatic rings. The van der Waals surface area contributed by atoms with Crippen LogP contribution in [0.5, 0.6) is 5.75 Å². The second-order valence-corrected chi connectivity index (χ2v) is 6.12. The van der Waals surface area contributed by atoms with Crippen LogP contribution in [0.25, 0.3) is 0 Å². The van der Waals surface area contributed by atoms with E-state index in [-0.39, 0.29) is 29.9 Å². The molecule has 0 amide bonds. The van der Waals surface area contributed by atoms with Crippen molar-refractivity contribution in [3.8, 4) is 5.75 Å². The standard InChI is InChI=1S/C14H19F4NOS/c1-10(2)8-19-9-11-5-12(15)7-13(6-11)20-3-4-21-14(16,17)18/h5-7,10,19H,3-4,8-9H2,1-2H3. The molecule has 0 bridgehead atoms. The molecule has 0 aliphatic rings. The van der Waals surface area contributed by atoms with Gasteiger partial charge in [-0.3, -0.25) is 0 Å². The number of hydrogen-bond donors (Lipinski definition) is 1. The lowest BCUT2D eigenvalue weighted by Gasteiger charge is -2.11. The summed E-state index contributed by atoms with van der Waals surface area (Å²) in [4.78, 5) is 0. The molecule has 1 rings (SSSR count). The van der Waals surface area contributed by atoms with Crippen molar-refractivity contribution in [3.05, 3.63) is 29.6 Å². The van der Waals surface area contributed by atoms with Crippen LogP contribution in [-0.2, 0) is 6.54 Å². The number of halogens is 4. The lowest BCUT2D eigenvalue weighted by Crippen LogP contribution is -2.19. The largest absolute Gasteiger partial charge is 0.493 e. The molecular weight excluding hydrogens is 306 g/mol. The first-order valence-electron chi connectivity index (χ1n) is 6.60. The molecule has 0 saturated heterocycles. The topological polar surface area (TPSA) is 21.3 Å². The van der Waals surface area contributed by atoms with Crippen LogP contribution in [-0.4, -0.2) is 24.4 Å². The van der Waals surface area contributed by atoms with E-state index in [2.05, 4.69) is 19.2 Å². The van der Waals surface area contributed by atoms with Gasteiger partial charge in [-0.25, -0.2) is 4.39 Å². The molecule has 0 aromatic heterocycles. The van der Waals surface area contributed by atoms with Crippen molar-refractivity contribution in [3.63, 3.8) is 0 Å². The number of thioether (sulfide) groups is 1. The lowest BCUT2D eigenvalue weighted by atomic mass is 10.2. The Morgan fingerprint density at radius 1 is 1.24 bits per heavy atom. The molecule has 0 atom stereocenters. The summed E-state index contributed by atoms with van der Waals surface area (Å²) in [7, 11) is 0. The molecule has 0 spiro atoms. The van der Waals surface area contributed by atoms with Crippen LogP contribution in [0.3, 0.4) is 0 Å². The Morgan fingerprint density at radius 3 is 2.57 bits per heavy atom. The predicted octanol–water partition coefficient (Wildman–Crippen LogP) is 4.20. The molecule has 120 valence electrons. The maximum Gasteiger partial charge on any atom is 0.441 e. The van der Waals surface area contributed by atoms with E-state index in [1.165, 1.54) is 12.1 Å². The zero-order valence-electron chi connectivity index (χ0n) is 12.0. The van der Waals surface area contributed by atoms with Gasteiger partial charge in [-0.05, 0) is 41.9 Å². The van der Waals surface area contributed by atoms with Gasteiger partial charge in [0.2, 0.25) is 0 Å². The van der Waals surface area contributed by atoms with Crippen LogP contribution in [0.15, 0.2) is 18.2 Å². The van der Waals surface area contributed by atoms with Crippen LogP contribution in [0, 0.1) is 11.7 Å². The summed E-state index contributed by atoms with van der Waals surface area (Å²) in [5, 5.41) is 3.17. The van der Waals surface area contributed by atoms with Gasteiger partial charge in [-0.1, -0.05) is 13.8 Å². The first-order valence-corrected chi connectivity index (χ1v) is 7.58. The fourth-order valence-corrected chi connectivity index (χ4v) is 2.03. The number of benzene rings is 1. The second-order valence-electron chi connectivity index (χ2n) is 4.96. The fourth-order valence-electron chi connectivity index (χ4n) is 1.63. The van der Waals surface area contributed by atoms with E-state index in [9.17, 15) is 17.6 Å². The zero-order valence-corrected chi connectivity index (χ0v) is 12.8. The third kappa shape index (κ3) is 8.83. The van der Waals surface area contributed by atoms with Gasteiger partial charge in [0, 0.05) is 18.4 Å². The number of nitrogens with one attached hydrogen (secondary N) is 1. The SMILES string of the molecule is CC(C)CNCc1cc(F)cc(OCCSC(F)(F)F)c1. The normalized spacial score (nSPS) is 12.0. The highest BCUT2D eigenvalue weighted by atomic mass is 32.2. The second kappa shape index (κ2) is 8.48. The van der Waals surface area contributed by atoms with E-state index in [1.807, 2.05) is 0 Å². The lowest BCUT2D eigenvalue weighted by molar-refractivity contribution is -0.0329. The Bertz CT molecular complexity index is 437. The first kappa shape index (κ1) is 18.1. The van der Waals surface area contributed by atoms with Crippen molar-refractivity contribution >= 4 is 11.8 Å². The highest BCUT2D eigenvalue weighted by Crippen LogP contribution is 2.29. The molecule has 0 saturated carbocycles. The maximum absolute atomic E-state index is 13.4. The highest BCUT2D eigenvalue weighted by molar-refractivity contribution is 8.00. The number of hydrogen-bond acceptors (Lipinski definition) is 3. The van der Waals surface area contributed by atoms with Crippen molar-refractivity contribution in [2.45, 2.75) is 25.9 Å². The molecule has 21 heavy (non-hydrogen) atoms. The minimum absolute atomic E-state index is 0.119. The van der Waals surface area contributed by atoms with Crippen LogP contribution >= 0.6 is 11.8 Å². The molecule has 0 unspecified atom stereocenters. The number of ether oxygens (including phenoxy) is 1. The number of alkyl halides is 3. The summed E-state index contributed by atoms with van der Waals surface area (Å²) in [6, 6.07) is 4.18. The van der Waals surface area contributed by atoms with Gasteiger partial charge in [0.25, 0.3) is 0 Å². The quantitative estimate of drug-likeness (QED) is 0.572. The predicted molar refractivity (Wildman–Crippen MR) is 77.0 cm³/mol. The Hall–Kier alpha value is -0.950. The van der Waals surface area contributed by atoms with Crippen molar-refractivity contribution in [2.75, 3.05) is 18.9 Å². The Morgan fingerprint density at radius 2 is 1.95 bits per heavy atom. The van der Waals surface area contributed by atoms with Gasteiger partial charge in [0.05, 0.1) is 6.61 Å². The molecular formula is C14H19F4NOS. The minimum atomic E-state index is -4.27. The molecule has 0 fully saturated rings. The molecule has 7 heteroatoms. The van der Waals surface area contributed by atoms with Crippen molar-refractivity contribution < 1.29 is 22.3 Å². The number of rotatable bonds is 8. The van der Waals surface area contributed by atoms with Gasteiger partial charge >= 0.3 is 5.51 Å². The molecule has 0 aliphatic carbocycles. The smallest absolute Gasteiger partial charge is 0.441 e. The van der Waals surface area contributed by atoms with Gasteiger partial charge in [0.15, 0.2) is 0 Å². The molecule has 1 aromatic carbocycles. The van der Waals surface area contributed by atoms with E-state index in [4.69, 9.17) is 4.74 Å². The van der Waals surface area contributed by atoms with Crippen LogP contribution < -0.4 is 10.1 Å². The fraction of sp³-hybridized carbons (Fsp3) is 0.571. The van der Waals surface area contributed by atoms with Gasteiger partial charge in [0.1, 0.15) is 11.6 Å². The summed E-state index contributed by atoms with van der Waals surface area (Å²) < 4.78 is 54.4. The third-order valence-corrected chi connectivity index (χ3v) is 3.13. The Labute approximate surface area is 126 Å². The summed E-state index contributed by atoms with van der Waals surface area (Å²) in [6.07, 6.45) is 0. The van der Waals surface area contributed by atoms with Gasteiger partial charge < -0.3 is 10.1 Å². The summed E-state index contributed by atoms with van der Waals surface area (Å²) >= 11 is -0.153. The van der Waals surface area contributed by atoms with E-state index in [0.717, 1.165) is 6.54 Å². The molecule has 0 radical (unpaired) electrons. The van der Waals surface area contributed by atoms with Gasteiger partial charge in [-0.15, -0.1) is 0 Å². The molecule has 0 heterocycles. The van der Waals surface area contributed by atoms with Crippen LogP contribution in [0.4, 0.5) is 17.6 Å². The van der Waals surface area contributed by atoms with Crippen molar-refractivity contribution in [1.29, 1.82) is 0 Å². The minimum Gasteiger partial charge on any atom is -0.493 e. The van der Waals surface area contributed by atoms with E-state index in [0.29, 0.717) is 18.0 Å². The third-order valence-electron chi connectivity index (χ3n) is 2.43. The van der Waals surface area contributed by atoms with Gasteiger partial charge in [-0.2, -0.15) is 13.2 Å². The summed E-state index contributed by atoms with van der Waals surface area (Å²) in [5.74, 6) is 0.0473. The Kier molecular flexibility index (Phi) is 7.31. The summed E-state index contributed by atoms with van der Waals surface area (Å²) in [6.45, 7) is 5.29. The maximum atomic E-state index is 13.4. The van der Waals surface area contributed by atoms with E-state index in [1.54, 1.807) is 6.07 Å². The molecule has 2 nitrogen and oxygen atoms in total. The van der Waals surface area contributed by atoms with Crippen LogP contribution in [0.2, 0.25) is 0 Å². The molecule has 1 N–H and O–H groups in total. The highest BCUT2D eigenvalue weighted by Gasteiger charge is 2.27. The monoisotopic (exact) mass is 325 g/mol. The van der Waals surface area contributed by atoms with Crippen LogP contribution in [0.1, 0.15) is 19.4 Å². The Balaban J connectivity index is 2.45. The summed E-state index contributed by atoms with van der Waals surface area (Å²) in [5.41, 5.74) is -3.56. The average molecular weight is 325 g/mol. The van der Waals surface area contributed by atoms with E-state index < -0.39 is 11.3 Å².